The maximum atomic E-state index is 13.8. The van der Waals surface area contributed by atoms with Crippen LogP contribution in [0.25, 0.3) is 5.57 Å². The number of benzene rings is 2. The zero-order valence-electron chi connectivity index (χ0n) is 16.8. The third-order valence-electron chi connectivity index (χ3n) is 4.22. The van der Waals surface area contributed by atoms with E-state index in [1.165, 1.54) is 16.0 Å². The highest BCUT2D eigenvalue weighted by atomic mass is 32.2. The van der Waals surface area contributed by atoms with Crippen molar-refractivity contribution in [2.75, 3.05) is 20.6 Å². The molecule has 2 aromatic carbocycles. The summed E-state index contributed by atoms with van der Waals surface area (Å²) in [7, 11) is 4.14. The average molecular weight is 430 g/mol. The fraction of sp³-hybridized carbons (Fsp3) is 0.217. The molecule has 0 amide bonds. The first-order valence-corrected chi connectivity index (χ1v) is 10.3. The largest absolute Gasteiger partial charge is 0.478 e. The molecule has 1 heterocycles. The molecule has 3 rings (SSSR count). The van der Waals surface area contributed by atoms with Gasteiger partial charge in [0, 0.05) is 29.3 Å². The van der Waals surface area contributed by atoms with Crippen molar-refractivity contribution in [1.82, 2.24) is 4.90 Å². The standard InChI is InChI=1S/C19H20FNS.C4H4O4/c1-21(2)11-5-7-16-17-6-3-4-8-19(17)22-13-14-9-10-15(20)12-18(14)16;5-3(6)1-2-4(7)8/h3-4,6-10,12H,5,11,13H2,1-2H3;1-2H,(H,5,6)(H,7,8)/b16-7-;2-1-. The van der Waals surface area contributed by atoms with Crippen molar-refractivity contribution in [2.45, 2.75) is 17.1 Å². The van der Waals surface area contributed by atoms with Gasteiger partial charge in [-0.05, 0) is 61.0 Å². The Balaban J connectivity index is 0.000000343. The number of nitrogens with zero attached hydrogens (tertiary/aromatic N) is 1. The van der Waals surface area contributed by atoms with Crippen molar-refractivity contribution >= 4 is 29.3 Å². The summed E-state index contributed by atoms with van der Waals surface area (Å²) in [5, 5.41) is 15.6. The van der Waals surface area contributed by atoms with E-state index in [4.69, 9.17) is 10.2 Å². The van der Waals surface area contributed by atoms with Gasteiger partial charge in [-0.2, -0.15) is 0 Å². The summed E-state index contributed by atoms with van der Waals surface area (Å²) < 4.78 is 13.8. The molecule has 0 saturated carbocycles. The molecule has 158 valence electrons. The Bertz CT molecular complexity index is 953. The molecule has 30 heavy (non-hydrogen) atoms. The lowest BCUT2D eigenvalue weighted by Crippen LogP contribution is -2.12. The Morgan fingerprint density at radius 2 is 1.73 bits per heavy atom. The van der Waals surface area contributed by atoms with Crippen molar-refractivity contribution in [3.05, 3.63) is 83.2 Å². The summed E-state index contributed by atoms with van der Waals surface area (Å²) in [4.78, 5) is 22.5. The van der Waals surface area contributed by atoms with Gasteiger partial charge in [-0.25, -0.2) is 14.0 Å². The van der Waals surface area contributed by atoms with Crippen LogP contribution in [0.4, 0.5) is 4.39 Å². The van der Waals surface area contributed by atoms with Gasteiger partial charge in [0.25, 0.3) is 0 Å². The minimum atomic E-state index is -1.26. The highest BCUT2D eigenvalue weighted by Crippen LogP contribution is 2.40. The van der Waals surface area contributed by atoms with Gasteiger partial charge >= 0.3 is 11.9 Å². The smallest absolute Gasteiger partial charge is 0.328 e. The molecule has 0 saturated heterocycles. The van der Waals surface area contributed by atoms with Gasteiger partial charge < -0.3 is 15.1 Å². The normalized spacial score (nSPS) is 13.9. The van der Waals surface area contributed by atoms with E-state index in [1.807, 2.05) is 17.8 Å². The van der Waals surface area contributed by atoms with Crippen molar-refractivity contribution < 1.29 is 24.2 Å². The fourth-order valence-electron chi connectivity index (χ4n) is 2.87. The first kappa shape index (κ1) is 23.4. The Kier molecular flexibility index (Phi) is 8.83. The SMILES string of the molecule is CN(C)CC/C=C1\c2cc(F)ccc2CSc2ccccc21.O=C(O)/C=C\C(=O)O. The van der Waals surface area contributed by atoms with Crippen LogP contribution in [0.1, 0.15) is 23.1 Å². The maximum absolute atomic E-state index is 13.8. The maximum Gasteiger partial charge on any atom is 0.328 e. The van der Waals surface area contributed by atoms with Gasteiger partial charge in [-0.1, -0.05) is 30.3 Å². The van der Waals surface area contributed by atoms with Crippen LogP contribution in [0.3, 0.4) is 0 Å². The summed E-state index contributed by atoms with van der Waals surface area (Å²) in [6.07, 6.45) is 4.32. The predicted octanol–water partition coefficient (Wildman–Crippen LogP) is 4.53. The van der Waals surface area contributed by atoms with Gasteiger partial charge in [-0.15, -0.1) is 11.8 Å². The lowest BCUT2D eigenvalue weighted by atomic mass is 9.93. The van der Waals surface area contributed by atoms with Crippen LogP contribution >= 0.6 is 11.8 Å². The minimum Gasteiger partial charge on any atom is -0.478 e. The zero-order chi connectivity index (χ0) is 22.1. The van der Waals surface area contributed by atoms with Crippen LogP contribution in [0.2, 0.25) is 0 Å². The van der Waals surface area contributed by atoms with Gasteiger partial charge in [0.15, 0.2) is 0 Å². The summed E-state index contributed by atoms with van der Waals surface area (Å²) in [5.74, 6) is -1.79. The lowest BCUT2D eigenvalue weighted by molar-refractivity contribution is -0.134. The molecular weight excluding hydrogens is 405 g/mol. The van der Waals surface area contributed by atoms with Gasteiger partial charge in [0.05, 0.1) is 0 Å². The number of thioether (sulfide) groups is 1. The summed E-state index contributed by atoms with van der Waals surface area (Å²) in [5.41, 5.74) is 4.63. The van der Waals surface area contributed by atoms with Crippen molar-refractivity contribution in [1.29, 1.82) is 0 Å². The van der Waals surface area contributed by atoms with Gasteiger partial charge in [0.2, 0.25) is 0 Å². The molecule has 0 atom stereocenters. The molecule has 5 nitrogen and oxygen atoms in total. The second-order valence-electron chi connectivity index (χ2n) is 6.81. The Morgan fingerprint density at radius 3 is 2.37 bits per heavy atom. The van der Waals surface area contributed by atoms with Crippen LogP contribution in [0.5, 0.6) is 0 Å². The molecule has 7 heteroatoms. The Hall–Kier alpha value is -2.90. The van der Waals surface area contributed by atoms with E-state index in [9.17, 15) is 14.0 Å². The quantitative estimate of drug-likeness (QED) is 0.680. The molecule has 0 spiro atoms. The number of rotatable bonds is 5. The summed E-state index contributed by atoms with van der Waals surface area (Å²) in [6, 6.07) is 13.6. The number of carboxylic acid groups (broad SMARTS) is 2. The molecule has 2 aromatic rings. The monoisotopic (exact) mass is 429 g/mol. The number of carboxylic acids is 2. The number of carbonyl (C=O) groups is 2. The minimum absolute atomic E-state index is 0.165. The molecule has 0 bridgehead atoms. The van der Waals surface area contributed by atoms with E-state index in [1.54, 1.807) is 12.1 Å². The van der Waals surface area contributed by atoms with E-state index in [2.05, 4.69) is 49.3 Å². The van der Waals surface area contributed by atoms with E-state index in [0.717, 1.165) is 29.9 Å². The second-order valence-corrected chi connectivity index (χ2v) is 7.82. The highest BCUT2D eigenvalue weighted by Gasteiger charge is 2.18. The van der Waals surface area contributed by atoms with Crippen LogP contribution in [0, 0.1) is 5.82 Å². The fourth-order valence-corrected chi connectivity index (χ4v) is 3.94. The molecule has 0 radical (unpaired) electrons. The van der Waals surface area contributed by atoms with Crippen molar-refractivity contribution in [3.8, 4) is 0 Å². The first-order valence-electron chi connectivity index (χ1n) is 9.27. The van der Waals surface area contributed by atoms with Crippen molar-refractivity contribution in [3.63, 3.8) is 0 Å². The molecule has 1 aliphatic rings. The predicted molar refractivity (Wildman–Crippen MR) is 117 cm³/mol. The zero-order valence-corrected chi connectivity index (χ0v) is 17.7. The van der Waals surface area contributed by atoms with Crippen LogP contribution in [0.15, 0.2) is 65.6 Å². The van der Waals surface area contributed by atoms with Crippen molar-refractivity contribution in [2.24, 2.45) is 0 Å². The Labute approximate surface area is 179 Å². The molecular formula is C23H24FNO4S. The van der Waals surface area contributed by atoms with Crippen LogP contribution in [-0.2, 0) is 15.3 Å². The van der Waals surface area contributed by atoms with E-state index in [-0.39, 0.29) is 5.82 Å². The number of hydrogen-bond donors (Lipinski definition) is 2. The summed E-state index contributed by atoms with van der Waals surface area (Å²) in [6.45, 7) is 0.990. The number of aliphatic carboxylic acids is 2. The van der Waals surface area contributed by atoms with Crippen LogP contribution < -0.4 is 0 Å². The third-order valence-corrected chi connectivity index (χ3v) is 5.34. The van der Waals surface area contributed by atoms with Gasteiger partial charge in [0.1, 0.15) is 5.82 Å². The molecule has 1 aliphatic heterocycles. The molecule has 0 unspecified atom stereocenters. The number of hydrogen-bond acceptors (Lipinski definition) is 4. The molecule has 2 N–H and O–H groups in total. The van der Waals surface area contributed by atoms with E-state index in [0.29, 0.717) is 12.2 Å². The number of halogens is 1. The first-order chi connectivity index (χ1) is 14.3. The average Bonchev–Trinajstić information content (AvgIpc) is 2.84. The summed E-state index contributed by atoms with van der Waals surface area (Å²) >= 11 is 1.83. The van der Waals surface area contributed by atoms with E-state index >= 15 is 0 Å². The third kappa shape index (κ3) is 7.17. The molecule has 0 aromatic heterocycles. The lowest BCUT2D eigenvalue weighted by Gasteiger charge is -2.13. The van der Waals surface area contributed by atoms with Gasteiger partial charge in [-0.3, -0.25) is 0 Å². The van der Waals surface area contributed by atoms with Crippen LogP contribution in [-0.4, -0.2) is 47.7 Å². The highest BCUT2D eigenvalue weighted by molar-refractivity contribution is 7.98. The molecule has 0 fully saturated rings. The van der Waals surface area contributed by atoms with E-state index < -0.39 is 11.9 Å². The molecule has 0 aliphatic carbocycles. The Morgan fingerprint density at radius 1 is 1.07 bits per heavy atom. The number of fused-ring (bicyclic) bond motifs is 2. The second kappa shape index (κ2) is 11.3. The topological polar surface area (TPSA) is 77.8 Å².